The molecule has 0 fully saturated rings. The number of methoxy groups -OCH3 is 1. The van der Waals surface area contributed by atoms with Crippen LogP contribution in [0.25, 0.3) is 0 Å². The Morgan fingerprint density at radius 1 is 0.860 bits per heavy atom. The number of carbonyl (C=O) groups excluding carboxylic acids is 2. The molecule has 0 aliphatic rings. The first-order chi connectivity index (χ1) is 20.9. The van der Waals surface area contributed by atoms with Gasteiger partial charge >= 0.3 is 5.97 Å². The highest BCUT2D eigenvalue weighted by atomic mass is 16.5. The number of para-hydroxylation sites is 1. The van der Waals surface area contributed by atoms with E-state index >= 15 is 0 Å². The average molecular weight is 581 g/mol. The number of hydrogen-bond acceptors (Lipinski definition) is 6. The molecule has 0 saturated heterocycles. The Kier molecular flexibility index (Phi) is 10.9. The number of amides is 1. The SMILES string of the molecule is CCCC(=O)N(CCOc1ccc(C[C@H](Nc2ccccc2C(=O)c2ccccc2)C(=O)O)cc1)c1cccc(OC)c1. The Balaban J connectivity index is 1.39. The van der Waals surface area contributed by atoms with Gasteiger partial charge in [0, 0.05) is 41.4 Å². The maximum Gasteiger partial charge on any atom is 0.326 e. The summed E-state index contributed by atoms with van der Waals surface area (Å²) >= 11 is 0. The molecule has 2 N–H and O–H groups in total. The minimum Gasteiger partial charge on any atom is -0.497 e. The summed E-state index contributed by atoms with van der Waals surface area (Å²) in [4.78, 5) is 39.8. The molecule has 4 aromatic rings. The summed E-state index contributed by atoms with van der Waals surface area (Å²) in [5.74, 6) is 0.0704. The van der Waals surface area contributed by atoms with Crippen LogP contribution in [0, 0.1) is 0 Å². The molecule has 8 heteroatoms. The fourth-order valence-corrected chi connectivity index (χ4v) is 4.68. The summed E-state index contributed by atoms with van der Waals surface area (Å²) < 4.78 is 11.2. The Labute approximate surface area is 251 Å². The van der Waals surface area contributed by atoms with Gasteiger partial charge < -0.3 is 24.8 Å². The number of carbonyl (C=O) groups is 3. The zero-order valence-electron chi connectivity index (χ0n) is 24.4. The number of nitrogens with one attached hydrogen (secondary N) is 1. The van der Waals surface area contributed by atoms with Crippen LogP contribution in [-0.2, 0) is 16.0 Å². The predicted octanol–water partition coefficient (Wildman–Crippen LogP) is 6.25. The van der Waals surface area contributed by atoms with E-state index in [0.717, 1.165) is 17.7 Å². The van der Waals surface area contributed by atoms with Crippen LogP contribution in [0.5, 0.6) is 11.5 Å². The Hall–Kier alpha value is -5.11. The number of hydrogen-bond donors (Lipinski definition) is 2. The van der Waals surface area contributed by atoms with Crippen LogP contribution in [0.1, 0.15) is 41.3 Å². The molecule has 8 nitrogen and oxygen atoms in total. The van der Waals surface area contributed by atoms with Crippen LogP contribution in [-0.4, -0.2) is 49.1 Å². The van der Waals surface area contributed by atoms with Gasteiger partial charge in [0.2, 0.25) is 5.91 Å². The predicted molar refractivity (Wildman–Crippen MR) is 167 cm³/mol. The zero-order valence-corrected chi connectivity index (χ0v) is 24.4. The highest BCUT2D eigenvalue weighted by Gasteiger charge is 2.21. The summed E-state index contributed by atoms with van der Waals surface area (Å²) in [7, 11) is 1.59. The van der Waals surface area contributed by atoms with E-state index in [4.69, 9.17) is 9.47 Å². The minimum absolute atomic E-state index is 0.00829. The summed E-state index contributed by atoms with van der Waals surface area (Å²) in [5, 5.41) is 13.0. The van der Waals surface area contributed by atoms with Crippen molar-refractivity contribution in [3.63, 3.8) is 0 Å². The molecule has 0 unspecified atom stereocenters. The van der Waals surface area contributed by atoms with Gasteiger partial charge in [-0.1, -0.05) is 67.6 Å². The quantitative estimate of drug-likeness (QED) is 0.160. The third-order valence-corrected chi connectivity index (χ3v) is 6.91. The summed E-state index contributed by atoms with van der Waals surface area (Å²) in [6.45, 7) is 2.60. The number of carboxylic acids is 1. The van der Waals surface area contributed by atoms with Gasteiger partial charge in [0.25, 0.3) is 0 Å². The molecule has 0 heterocycles. The van der Waals surface area contributed by atoms with Gasteiger partial charge in [-0.15, -0.1) is 0 Å². The molecule has 0 spiro atoms. The molecule has 222 valence electrons. The fourth-order valence-electron chi connectivity index (χ4n) is 4.68. The van der Waals surface area contributed by atoms with Crippen molar-refractivity contribution in [1.29, 1.82) is 0 Å². The van der Waals surface area contributed by atoms with Crippen molar-refractivity contribution in [2.24, 2.45) is 0 Å². The van der Waals surface area contributed by atoms with E-state index in [2.05, 4.69) is 5.32 Å². The van der Waals surface area contributed by atoms with E-state index in [9.17, 15) is 19.5 Å². The second-order valence-electron chi connectivity index (χ2n) is 9.97. The highest BCUT2D eigenvalue weighted by molar-refractivity contribution is 6.12. The van der Waals surface area contributed by atoms with Gasteiger partial charge in [0.05, 0.1) is 13.7 Å². The van der Waals surface area contributed by atoms with E-state index in [1.165, 1.54) is 0 Å². The second-order valence-corrected chi connectivity index (χ2v) is 9.97. The third kappa shape index (κ3) is 8.45. The van der Waals surface area contributed by atoms with E-state index in [-0.39, 0.29) is 24.7 Å². The molecule has 4 aromatic carbocycles. The van der Waals surface area contributed by atoms with Crippen molar-refractivity contribution < 1.29 is 29.0 Å². The molecular weight excluding hydrogens is 544 g/mol. The first-order valence-electron chi connectivity index (χ1n) is 14.2. The molecule has 0 aliphatic heterocycles. The van der Waals surface area contributed by atoms with Gasteiger partial charge in [0.15, 0.2) is 5.78 Å². The Bertz CT molecular complexity index is 1520. The summed E-state index contributed by atoms with van der Waals surface area (Å²) in [5.41, 5.74) is 2.93. The molecular formula is C35H36N2O6. The monoisotopic (exact) mass is 580 g/mol. The topological polar surface area (TPSA) is 105 Å². The molecule has 0 radical (unpaired) electrons. The Morgan fingerprint density at radius 3 is 2.28 bits per heavy atom. The van der Waals surface area contributed by atoms with Crippen LogP contribution >= 0.6 is 0 Å². The van der Waals surface area contributed by atoms with Gasteiger partial charge in [-0.3, -0.25) is 9.59 Å². The van der Waals surface area contributed by atoms with Crippen molar-refractivity contribution in [3.8, 4) is 11.5 Å². The standard InChI is InChI=1S/C35H36N2O6/c1-3-10-33(38)37(27-13-9-14-29(24-27)42-2)21-22-43-28-19-17-25(18-20-28)23-32(35(40)41)36-31-16-8-7-15-30(31)34(39)26-11-5-4-6-12-26/h4-9,11-20,24,32,36H,3,10,21-23H2,1-2H3,(H,40,41)/t32-/m0/s1. The lowest BCUT2D eigenvalue weighted by molar-refractivity contribution is -0.137. The number of rotatable bonds is 15. The number of carboxylic acid groups (broad SMARTS) is 1. The van der Waals surface area contributed by atoms with Gasteiger partial charge in [-0.05, 0) is 48.4 Å². The third-order valence-electron chi connectivity index (χ3n) is 6.91. The smallest absolute Gasteiger partial charge is 0.326 e. The van der Waals surface area contributed by atoms with Crippen molar-refractivity contribution in [2.75, 3.05) is 30.5 Å². The number of benzene rings is 4. The molecule has 43 heavy (non-hydrogen) atoms. The number of aliphatic carboxylic acids is 1. The average Bonchev–Trinajstić information content (AvgIpc) is 3.04. The number of ether oxygens (including phenoxy) is 2. The largest absolute Gasteiger partial charge is 0.497 e. The molecule has 4 rings (SSSR count). The van der Waals surface area contributed by atoms with Crippen molar-refractivity contribution in [1.82, 2.24) is 0 Å². The van der Waals surface area contributed by atoms with Gasteiger partial charge in [-0.25, -0.2) is 4.79 Å². The lowest BCUT2D eigenvalue weighted by atomic mass is 10.00. The van der Waals surface area contributed by atoms with Crippen LogP contribution < -0.4 is 19.7 Å². The van der Waals surface area contributed by atoms with E-state index in [1.54, 1.807) is 72.7 Å². The summed E-state index contributed by atoms with van der Waals surface area (Å²) in [6.07, 6.45) is 1.36. The van der Waals surface area contributed by atoms with Crippen molar-refractivity contribution >= 4 is 29.0 Å². The van der Waals surface area contributed by atoms with Crippen LogP contribution in [0.4, 0.5) is 11.4 Å². The number of ketones is 1. The minimum atomic E-state index is -1.03. The second kappa shape index (κ2) is 15.2. The van der Waals surface area contributed by atoms with Crippen LogP contribution in [0.2, 0.25) is 0 Å². The fraction of sp³-hybridized carbons (Fsp3) is 0.229. The van der Waals surface area contributed by atoms with Crippen LogP contribution in [0.3, 0.4) is 0 Å². The normalized spacial score (nSPS) is 11.3. The van der Waals surface area contributed by atoms with Crippen molar-refractivity contribution in [2.45, 2.75) is 32.2 Å². The highest BCUT2D eigenvalue weighted by Crippen LogP contribution is 2.24. The number of anilines is 2. The van der Waals surface area contributed by atoms with E-state index < -0.39 is 12.0 Å². The molecule has 0 bridgehead atoms. The molecule has 1 amide bonds. The molecule has 1 atom stereocenters. The van der Waals surface area contributed by atoms with Crippen molar-refractivity contribution in [3.05, 3.63) is 120 Å². The molecule has 0 aromatic heterocycles. The van der Waals surface area contributed by atoms with Gasteiger partial charge in [-0.2, -0.15) is 0 Å². The van der Waals surface area contributed by atoms with E-state index in [1.807, 2.05) is 49.4 Å². The lowest BCUT2D eigenvalue weighted by Gasteiger charge is -2.23. The Morgan fingerprint density at radius 2 is 1.58 bits per heavy atom. The van der Waals surface area contributed by atoms with Crippen LogP contribution in [0.15, 0.2) is 103 Å². The molecule has 0 aliphatic carbocycles. The molecule has 0 saturated carbocycles. The maximum absolute atomic E-state index is 13.1. The summed E-state index contributed by atoms with van der Waals surface area (Å²) in [6, 6.07) is 29.4. The number of nitrogens with zero attached hydrogens (tertiary/aromatic N) is 1. The zero-order chi connectivity index (χ0) is 30.6. The first kappa shape index (κ1) is 30.8. The van der Waals surface area contributed by atoms with E-state index in [0.29, 0.717) is 41.3 Å². The first-order valence-corrected chi connectivity index (χ1v) is 14.2. The lowest BCUT2D eigenvalue weighted by Crippen LogP contribution is -2.34. The maximum atomic E-state index is 13.1. The van der Waals surface area contributed by atoms with Gasteiger partial charge in [0.1, 0.15) is 24.1 Å².